The summed E-state index contributed by atoms with van der Waals surface area (Å²) in [6.07, 6.45) is 9.66. The molecule has 208 valence electrons. The average molecular weight is 531 g/mol. The fourth-order valence-corrected chi connectivity index (χ4v) is 5.53. The van der Waals surface area contributed by atoms with Gasteiger partial charge in [-0.05, 0) is 87.1 Å². The molecule has 7 nitrogen and oxygen atoms in total. The van der Waals surface area contributed by atoms with Gasteiger partial charge in [-0.2, -0.15) is 0 Å². The first-order valence-electron chi connectivity index (χ1n) is 14.4. The van der Waals surface area contributed by atoms with Crippen molar-refractivity contribution in [2.75, 3.05) is 44.8 Å². The topological polar surface area (TPSA) is 59.1 Å². The molecule has 1 saturated carbocycles. The number of aromatic nitrogens is 1. The Hall–Kier alpha value is -3.29. The van der Waals surface area contributed by atoms with E-state index in [1.165, 1.54) is 12.8 Å². The van der Waals surface area contributed by atoms with Crippen LogP contribution in [0.3, 0.4) is 0 Å². The Morgan fingerprint density at radius 3 is 2.59 bits per heavy atom. The Morgan fingerprint density at radius 1 is 1.03 bits per heavy atom. The maximum atomic E-state index is 6.41. The summed E-state index contributed by atoms with van der Waals surface area (Å²) < 4.78 is 18.2. The van der Waals surface area contributed by atoms with Gasteiger partial charge in [0.2, 0.25) is 0 Å². The van der Waals surface area contributed by atoms with Crippen LogP contribution in [0.15, 0.2) is 67.0 Å². The van der Waals surface area contributed by atoms with E-state index < -0.39 is 0 Å². The van der Waals surface area contributed by atoms with Crippen molar-refractivity contribution in [2.24, 2.45) is 0 Å². The van der Waals surface area contributed by atoms with E-state index in [1.54, 1.807) is 7.11 Å². The molecule has 2 aliphatic rings. The van der Waals surface area contributed by atoms with Gasteiger partial charge in [0.1, 0.15) is 5.75 Å². The van der Waals surface area contributed by atoms with Crippen molar-refractivity contribution in [3.8, 4) is 17.2 Å². The van der Waals surface area contributed by atoms with Gasteiger partial charge in [-0.25, -0.2) is 0 Å². The molecule has 5 rings (SSSR count). The van der Waals surface area contributed by atoms with Crippen molar-refractivity contribution in [3.05, 3.63) is 72.6 Å². The molecule has 1 aliphatic carbocycles. The van der Waals surface area contributed by atoms with Gasteiger partial charge in [0.15, 0.2) is 11.5 Å². The van der Waals surface area contributed by atoms with Crippen molar-refractivity contribution < 1.29 is 14.2 Å². The zero-order valence-electron chi connectivity index (χ0n) is 23.4. The minimum atomic E-state index is 0.257. The van der Waals surface area contributed by atoms with Crippen molar-refractivity contribution >= 4 is 11.4 Å². The third-order valence-electron chi connectivity index (χ3n) is 7.61. The first-order valence-corrected chi connectivity index (χ1v) is 14.4. The van der Waals surface area contributed by atoms with Gasteiger partial charge in [0, 0.05) is 68.6 Å². The van der Waals surface area contributed by atoms with Gasteiger partial charge in [-0.3, -0.25) is 4.98 Å². The molecule has 2 aromatic carbocycles. The summed E-state index contributed by atoms with van der Waals surface area (Å²) in [5, 5.41) is 3.50. The molecule has 1 aliphatic heterocycles. The van der Waals surface area contributed by atoms with E-state index in [0.29, 0.717) is 12.6 Å². The number of nitrogens with one attached hydrogen (secondary N) is 1. The van der Waals surface area contributed by atoms with E-state index >= 15 is 0 Å². The van der Waals surface area contributed by atoms with Crippen LogP contribution >= 0.6 is 0 Å². The fraction of sp³-hybridized carbons (Fsp3) is 0.469. The Kier molecular flexibility index (Phi) is 9.57. The maximum Gasteiger partial charge on any atom is 0.163 e. The molecule has 1 N–H and O–H groups in total. The molecule has 2 fully saturated rings. The summed E-state index contributed by atoms with van der Waals surface area (Å²) in [6.45, 7) is 8.03. The second-order valence-electron chi connectivity index (χ2n) is 10.7. The third-order valence-corrected chi connectivity index (χ3v) is 7.61. The van der Waals surface area contributed by atoms with Crippen LogP contribution in [0, 0.1) is 0 Å². The Morgan fingerprint density at radius 2 is 1.85 bits per heavy atom. The van der Waals surface area contributed by atoms with E-state index in [-0.39, 0.29) is 6.10 Å². The van der Waals surface area contributed by atoms with E-state index in [1.807, 2.05) is 24.5 Å². The predicted octanol–water partition coefficient (Wildman–Crippen LogP) is 5.81. The lowest BCUT2D eigenvalue weighted by Gasteiger charge is -2.31. The van der Waals surface area contributed by atoms with E-state index in [9.17, 15) is 0 Å². The van der Waals surface area contributed by atoms with Crippen LogP contribution in [-0.4, -0.2) is 61.9 Å². The molecule has 2 heterocycles. The van der Waals surface area contributed by atoms with Crippen molar-refractivity contribution in [1.82, 2.24) is 15.2 Å². The lowest BCUT2D eigenvalue weighted by atomic mass is 10.1. The van der Waals surface area contributed by atoms with Gasteiger partial charge in [-0.15, -0.1) is 0 Å². The lowest BCUT2D eigenvalue weighted by molar-refractivity contribution is 0.189. The molecule has 3 aromatic rings. The SMILES string of the molecule is COc1ccc(N(Cc2cccnc2)c2ccc(OCCCN3CCNC(C)C3)cc2)cc1OC1CCCC1. The Bertz CT molecular complexity index is 1150. The molecule has 0 bridgehead atoms. The van der Waals surface area contributed by atoms with E-state index in [0.717, 1.165) is 86.2 Å². The number of ether oxygens (including phenoxy) is 3. The number of pyridine rings is 1. The first-order chi connectivity index (χ1) is 19.2. The highest BCUT2D eigenvalue weighted by atomic mass is 16.5. The highest BCUT2D eigenvalue weighted by Crippen LogP contribution is 2.38. The largest absolute Gasteiger partial charge is 0.494 e. The van der Waals surface area contributed by atoms with Gasteiger partial charge >= 0.3 is 0 Å². The molecular weight excluding hydrogens is 488 g/mol. The van der Waals surface area contributed by atoms with Gasteiger partial charge in [-0.1, -0.05) is 6.07 Å². The van der Waals surface area contributed by atoms with Crippen LogP contribution in [0.25, 0.3) is 0 Å². The van der Waals surface area contributed by atoms with Gasteiger partial charge in [0.05, 0.1) is 19.8 Å². The molecule has 0 amide bonds. The van der Waals surface area contributed by atoms with Crippen LogP contribution in [0.5, 0.6) is 17.2 Å². The second-order valence-corrected chi connectivity index (χ2v) is 10.7. The van der Waals surface area contributed by atoms with Crippen LogP contribution in [-0.2, 0) is 6.54 Å². The van der Waals surface area contributed by atoms with E-state index in [4.69, 9.17) is 14.2 Å². The summed E-state index contributed by atoms with van der Waals surface area (Å²) in [7, 11) is 1.70. The quantitative estimate of drug-likeness (QED) is 0.297. The number of anilines is 2. The Labute approximate surface area is 233 Å². The lowest BCUT2D eigenvalue weighted by Crippen LogP contribution is -2.49. The summed E-state index contributed by atoms with van der Waals surface area (Å²) in [6, 6.07) is 19.3. The number of hydrogen-bond donors (Lipinski definition) is 1. The first kappa shape index (κ1) is 27.3. The van der Waals surface area contributed by atoms with Crippen LogP contribution in [0.1, 0.15) is 44.6 Å². The fourth-order valence-electron chi connectivity index (χ4n) is 5.53. The standard InChI is InChI=1S/C32H42N4O3/c1-25-23-35(19-17-34-25)18-6-20-38-29-13-10-27(11-14-29)36(24-26-7-5-16-33-22-26)28-12-15-31(37-2)32(21-28)39-30-8-3-4-9-30/h5,7,10-16,21-22,25,30,34H,3-4,6,8-9,17-20,23-24H2,1-2H3. The molecule has 1 aromatic heterocycles. The minimum Gasteiger partial charge on any atom is -0.494 e. The highest BCUT2D eigenvalue weighted by molar-refractivity contribution is 5.67. The number of piperazine rings is 1. The van der Waals surface area contributed by atoms with Crippen molar-refractivity contribution in [2.45, 2.75) is 57.7 Å². The third kappa shape index (κ3) is 7.64. The van der Waals surface area contributed by atoms with Crippen molar-refractivity contribution in [3.63, 3.8) is 0 Å². The van der Waals surface area contributed by atoms with Crippen LogP contribution in [0.4, 0.5) is 11.4 Å². The molecule has 1 unspecified atom stereocenters. The predicted molar refractivity (Wildman–Crippen MR) is 156 cm³/mol. The summed E-state index contributed by atoms with van der Waals surface area (Å²) >= 11 is 0. The molecule has 7 heteroatoms. The van der Waals surface area contributed by atoms with Crippen LogP contribution in [0.2, 0.25) is 0 Å². The Balaban J connectivity index is 1.28. The van der Waals surface area contributed by atoms with Gasteiger partial charge in [0.25, 0.3) is 0 Å². The number of hydrogen-bond acceptors (Lipinski definition) is 7. The maximum absolute atomic E-state index is 6.41. The number of nitrogens with zero attached hydrogens (tertiary/aromatic N) is 3. The van der Waals surface area contributed by atoms with Crippen molar-refractivity contribution in [1.29, 1.82) is 0 Å². The monoisotopic (exact) mass is 530 g/mol. The molecular formula is C32H42N4O3. The molecule has 1 atom stereocenters. The second kappa shape index (κ2) is 13.7. The zero-order valence-corrected chi connectivity index (χ0v) is 23.4. The molecule has 39 heavy (non-hydrogen) atoms. The zero-order chi connectivity index (χ0) is 26.9. The molecule has 1 saturated heterocycles. The van der Waals surface area contributed by atoms with Gasteiger partial charge < -0.3 is 29.3 Å². The number of rotatable bonds is 12. The normalized spacial score (nSPS) is 18.2. The van der Waals surface area contributed by atoms with Crippen LogP contribution < -0.4 is 24.4 Å². The number of benzene rings is 2. The average Bonchev–Trinajstić information content (AvgIpc) is 3.48. The minimum absolute atomic E-state index is 0.257. The number of methoxy groups -OCH3 is 1. The molecule has 0 spiro atoms. The summed E-state index contributed by atoms with van der Waals surface area (Å²) in [5.74, 6) is 2.47. The van der Waals surface area contributed by atoms with E-state index in [2.05, 4.69) is 69.5 Å². The summed E-state index contributed by atoms with van der Waals surface area (Å²) in [5.41, 5.74) is 3.26. The molecule has 0 radical (unpaired) electrons. The highest BCUT2D eigenvalue weighted by Gasteiger charge is 2.20. The smallest absolute Gasteiger partial charge is 0.163 e. The summed E-state index contributed by atoms with van der Waals surface area (Å²) in [4.78, 5) is 9.14.